The van der Waals surface area contributed by atoms with Crippen LogP contribution in [0, 0.1) is 0 Å². The summed E-state index contributed by atoms with van der Waals surface area (Å²) in [5.74, 6) is 0. The summed E-state index contributed by atoms with van der Waals surface area (Å²) in [6, 6.07) is 5.99. The van der Waals surface area contributed by atoms with Gasteiger partial charge in [-0.1, -0.05) is 17.7 Å². The molecule has 1 saturated heterocycles. The van der Waals surface area contributed by atoms with Gasteiger partial charge in [-0.05, 0) is 32.9 Å². The van der Waals surface area contributed by atoms with Crippen LogP contribution >= 0.6 is 11.6 Å². The highest BCUT2D eigenvalue weighted by molar-refractivity contribution is 6.31. The Morgan fingerprint density at radius 3 is 2.86 bits per heavy atom. The minimum absolute atomic E-state index is 0.0368. The molecule has 1 heterocycles. The van der Waals surface area contributed by atoms with E-state index in [2.05, 4.69) is 37.1 Å². The van der Waals surface area contributed by atoms with E-state index < -0.39 is 0 Å². The number of morpholine rings is 1. The summed E-state index contributed by atoms with van der Waals surface area (Å²) < 4.78 is 5.52. The molecule has 5 heteroatoms. The number of nitrogens with zero attached hydrogens (tertiary/aromatic N) is 1. The number of hydrogen-bond acceptors (Lipinski definition) is 4. The van der Waals surface area contributed by atoms with E-state index in [0.717, 1.165) is 29.4 Å². The zero-order chi connectivity index (χ0) is 15.5. The highest BCUT2D eigenvalue weighted by atomic mass is 35.5. The molecule has 1 unspecified atom stereocenters. The van der Waals surface area contributed by atoms with Crippen molar-refractivity contribution in [3.05, 3.63) is 28.8 Å². The SMILES string of the molecule is CC(C)(C)NCc1c(Cl)cccc1N1CCOC(CO)C1. The summed E-state index contributed by atoms with van der Waals surface area (Å²) in [5, 5.41) is 13.6. The van der Waals surface area contributed by atoms with Crippen LogP contribution in [0.4, 0.5) is 5.69 Å². The quantitative estimate of drug-likeness (QED) is 0.896. The maximum absolute atomic E-state index is 9.30. The molecule has 0 saturated carbocycles. The number of aliphatic hydroxyl groups excluding tert-OH is 1. The number of aliphatic hydroxyl groups is 1. The molecule has 2 N–H and O–H groups in total. The maximum atomic E-state index is 9.30. The lowest BCUT2D eigenvalue weighted by atomic mass is 10.1. The van der Waals surface area contributed by atoms with Crippen LogP contribution in [-0.2, 0) is 11.3 Å². The Bertz CT molecular complexity index is 474. The van der Waals surface area contributed by atoms with Crippen LogP contribution in [0.15, 0.2) is 18.2 Å². The van der Waals surface area contributed by atoms with Gasteiger partial charge in [0.15, 0.2) is 0 Å². The largest absolute Gasteiger partial charge is 0.394 e. The van der Waals surface area contributed by atoms with Crippen LogP contribution in [0.25, 0.3) is 0 Å². The number of hydrogen-bond donors (Lipinski definition) is 2. The molecular formula is C16H25ClN2O2. The van der Waals surface area contributed by atoms with Crippen LogP contribution in [0.1, 0.15) is 26.3 Å². The standard InChI is InChI=1S/C16H25ClN2O2/c1-16(2,3)18-9-13-14(17)5-4-6-15(13)19-7-8-21-12(10-19)11-20/h4-6,12,18,20H,7-11H2,1-3H3. The Balaban J connectivity index is 2.20. The normalized spacial score (nSPS) is 19.9. The highest BCUT2D eigenvalue weighted by Crippen LogP contribution is 2.29. The first-order valence-corrected chi connectivity index (χ1v) is 7.78. The van der Waals surface area contributed by atoms with Gasteiger partial charge in [0.05, 0.1) is 19.3 Å². The average molecular weight is 313 g/mol. The minimum Gasteiger partial charge on any atom is -0.394 e. The van der Waals surface area contributed by atoms with Gasteiger partial charge in [0.1, 0.15) is 0 Å². The second-order valence-corrected chi connectivity index (χ2v) is 6.87. The lowest BCUT2D eigenvalue weighted by molar-refractivity contribution is 0.00352. The third-order valence-electron chi connectivity index (χ3n) is 3.57. The molecular weight excluding hydrogens is 288 g/mol. The van der Waals surface area contributed by atoms with Crippen molar-refractivity contribution < 1.29 is 9.84 Å². The molecule has 1 aliphatic heterocycles. The Hall–Kier alpha value is -0.810. The van der Waals surface area contributed by atoms with Crippen LogP contribution in [0.5, 0.6) is 0 Å². The van der Waals surface area contributed by atoms with Gasteiger partial charge in [-0.15, -0.1) is 0 Å². The number of rotatable bonds is 4. The van der Waals surface area contributed by atoms with Crippen molar-refractivity contribution in [2.24, 2.45) is 0 Å². The van der Waals surface area contributed by atoms with Crippen LogP contribution in [0.3, 0.4) is 0 Å². The molecule has 0 radical (unpaired) electrons. The van der Waals surface area contributed by atoms with Crippen molar-refractivity contribution in [3.8, 4) is 0 Å². The molecule has 1 fully saturated rings. The van der Waals surface area contributed by atoms with Gasteiger partial charge < -0.3 is 20.1 Å². The Kier molecular flexibility index (Phi) is 5.49. The van der Waals surface area contributed by atoms with E-state index in [1.165, 1.54) is 0 Å². The molecule has 0 amide bonds. The van der Waals surface area contributed by atoms with E-state index in [1.54, 1.807) is 0 Å². The third kappa shape index (κ3) is 4.58. The van der Waals surface area contributed by atoms with Crippen molar-refractivity contribution in [1.82, 2.24) is 5.32 Å². The van der Waals surface area contributed by atoms with Gasteiger partial charge in [-0.2, -0.15) is 0 Å². The van der Waals surface area contributed by atoms with E-state index >= 15 is 0 Å². The molecule has 1 aromatic carbocycles. The summed E-state index contributed by atoms with van der Waals surface area (Å²) in [5.41, 5.74) is 2.27. The lowest BCUT2D eigenvalue weighted by Crippen LogP contribution is -2.45. The molecule has 0 spiro atoms. The number of benzene rings is 1. The van der Waals surface area contributed by atoms with E-state index in [4.69, 9.17) is 16.3 Å². The van der Waals surface area contributed by atoms with Crippen molar-refractivity contribution >= 4 is 17.3 Å². The van der Waals surface area contributed by atoms with E-state index in [9.17, 15) is 5.11 Å². The van der Waals surface area contributed by atoms with Crippen molar-refractivity contribution in [2.75, 3.05) is 31.2 Å². The third-order valence-corrected chi connectivity index (χ3v) is 3.93. The first-order chi connectivity index (χ1) is 9.90. The molecule has 4 nitrogen and oxygen atoms in total. The van der Waals surface area contributed by atoms with Crippen molar-refractivity contribution in [1.29, 1.82) is 0 Å². The van der Waals surface area contributed by atoms with Crippen LogP contribution < -0.4 is 10.2 Å². The van der Waals surface area contributed by atoms with E-state index in [0.29, 0.717) is 13.2 Å². The highest BCUT2D eigenvalue weighted by Gasteiger charge is 2.23. The zero-order valence-corrected chi connectivity index (χ0v) is 13.8. The van der Waals surface area contributed by atoms with E-state index in [1.807, 2.05) is 12.1 Å². The fraction of sp³-hybridized carbons (Fsp3) is 0.625. The summed E-state index contributed by atoms with van der Waals surface area (Å²) >= 11 is 6.40. The number of ether oxygens (including phenoxy) is 1. The predicted molar refractivity (Wildman–Crippen MR) is 87.1 cm³/mol. The molecule has 118 valence electrons. The molecule has 0 bridgehead atoms. The van der Waals surface area contributed by atoms with Crippen molar-refractivity contribution in [3.63, 3.8) is 0 Å². The Labute approximate surface area is 132 Å². The van der Waals surface area contributed by atoms with Gasteiger partial charge >= 0.3 is 0 Å². The number of anilines is 1. The molecule has 1 atom stereocenters. The number of nitrogens with one attached hydrogen (secondary N) is 1. The second-order valence-electron chi connectivity index (χ2n) is 6.46. The lowest BCUT2D eigenvalue weighted by Gasteiger charge is -2.35. The smallest absolute Gasteiger partial charge is 0.0980 e. The molecule has 1 aromatic rings. The van der Waals surface area contributed by atoms with Gasteiger partial charge in [-0.25, -0.2) is 0 Å². The zero-order valence-electron chi connectivity index (χ0n) is 13.0. The van der Waals surface area contributed by atoms with Gasteiger partial charge in [0, 0.05) is 41.4 Å². The number of halogens is 1. The molecule has 0 aliphatic carbocycles. The summed E-state index contributed by atoms with van der Waals surface area (Å²) in [7, 11) is 0. The summed E-state index contributed by atoms with van der Waals surface area (Å²) in [4.78, 5) is 2.25. The fourth-order valence-electron chi connectivity index (χ4n) is 2.42. The topological polar surface area (TPSA) is 44.7 Å². The second kappa shape index (κ2) is 6.97. The van der Waals surface area contributed by atoms with Crippen molar-refractivity contribution in [2.45, 2.75) is 39.0 Å². The minimum atomic E-state index is -0.124. The Morgan fingerprint density at radius 2 is 2.19 bits per heavy atom. The monoisotopic (exact) mass is 312 g/mol. The van der Waals surface area contributed by atoms with Gasteiger partial charge in [0.25, 0.3) is 0 Å². The summed E-state index contributed by atoms with van der Waals surface area (Å²) in [6.45, 7) is 9.33. The average Bonchev–Trinajstić information content (AvgIpc) is 2.45. The Morgan fingerprint density at radius 1 is 1.43 bits per heavy atom. The molecule has 21 heavy (non-hydrogen) atoms. The van der Waals surface area contributed by atoms with Gasteiger partial charge in [-0.3, -0.25) is 0 Å². The predicted octanol–water partition coefficient (Wildman–Crippen LogP) is 2.43. The van der Waals surface area contributed by atoms with Crippen LogP contribution in [0.2, 0.25) is 5.02 Å². The molecule has 1 aliphatic rings. The van der Waals surface area contributed by atoms with E-state index in [-0.39, 0.29) is 18.2 Å². The fourth-order valence-corrected chi connectivity index (χ4v) is 2.66. The van der Waals surface area contributed by atoms with Crippen LogP contribution in [-0.4, -0.2) is 43.1 Å². The summed E-state index contributed by atoms with van der Waals surface area (Å²) in [6.07, 6.45) is -0.124. The molecule has 0 aromatic heterocycles. The first-order valence-electron chi connectivity index (χ1n) is 7.40. The van der Waals surface area contributed by atoms with Gasteiger partial charge in [0.2, 0.25) is 0 Å². The maximum Gasteiger partial charge on any atom is 0.0980 e. The first kappa shape index (κ1) is 16.6. The molecule has 2 rings (SSSR count).